The van der Waals surface area contributed by atoms with E-state index in [4.69, 9.17) is 11.6 Å². The molecule has 0 spiro atoms. The van der Waals surface area contributed by atoms with E-state index < -0.39 is 11.7 Å². The molecule has 0 aliphatic carbocycles. The summed E-state index contributed by atoms with van der Waals surface area (Å²) in [5, 5.41) is 19.3. The van der Waals surface area contributed by atoms with Gasteiger partial charge in [-0.05, 0) is 35.9 Å². The number of halogens is 2. The Hall–Kier alpha value is -3.52. The summed E-state index contributed by atoms with van der Waals surface area (Å²) in [4.78, 5) is 12.1. The van der Waals surface area contributed by atoms with E-state index in [1.165, 1.54) is 18.2 Å². The monoisotopic (exact) mass is 424 g/mol. The number of carbonyl (C=O) groups is 1. The van der Waals surface area contributed by atoms with Crippen molar-refractivity contribution >= 4 is 29.0 Å². The number of nitrogens with zero attached hydrogens (tertiary/aromatic N) is 4. The smallest absolute Gasteiger partial charge is 0.254 e. The van der Waals surface area contributed by atoms with Gasteiger partial charge in [0.05, 0.1) is 5.56 Å². The number of rotatable bonds is 7. The van der Waals surface area contributed by atoms with Gasteiger partial charge in [0.2, 0.25) is 0 Å². The van der Waals surface area contributed by atoms with Crippen LogP contribution in [0.5, 0.6) is 0 Å². The topological polar surface area (TPSA) is 84.2 Å². The van der Waals surface area contributed by atoms with E-state index in [1.807, 2.05) is 30.3 Å². The minimum absolute atomic E-state index is 0.00721. The molecule has 4 rings (SSSR count). The molecule has 1 amide bonds. The van der Waals surface area contributed by atoms with E-state index in [0.29, 0.717) is 35.3 Å². The highest BCUT2D eigenvalue weighted by Crippen LogP contribution is 2.16. The molecule has 0 fully saturated rings. The fourth-order valence-corrected chi connectivity index (χ4v) is 3.14. The summed E-state index contributed by atoms with van der Waals surface area (Å²) in [5.41, 5.74) is 1.56. The van der Waals surface area contributed by atoms with Gasteiger partial charge in [-0.1, -0.05) is 41.9 Å². The number of anilines is 1. The van der Waals surface area contributed by atoms with E-state index in [9.17, 15) is 9.18 Å². The highest BCUT2D eigenvalue weighted by Gasteiger charge is 2.12. The van der Waals surface area contributed by atoms with Crippen LogP contribution >= 0.6 is 11.6 Å². The van der Waals surface area contributed by atoms with Crippen molar-refractivity contribution in [3.8, 4) is 0 Å². The van der Waals surface area contributed by atoms with Crippen LogP contribution in [0.4, 0.5) is 10.2 Å². The lowest BCUT2D eigenvalue weighted by Crippen LogP contribution is -2.27. The van der Waals surface area contributed by atoms with Gasteiger partial charge in [-0.3, -0.25) is 4.79 Å². The summed E-state index contributed by atoms with van der Waals surface area (Å²) in [6.07, 6.45) is 0.391. The van der Waals surface area contributed by atoms with Crippen molar-refractivity contribution in [2.75, 3.05) is 11.9 Å². The van der Waals surface area contributed by atoms with Crippen molar-refractivity contribution in [1.82, 2.24) is 25.1 Å². The quantitative estimate of drug-likeness (QED) is 0.474. The summed E-state index contributed by atoms with van der Waals surface area (Å²) in [6.45, 7) is 0.793. The van der Waals surface area contributed by atoms with Crippen molar-refractivity contribution in [2.45, 2.75) is 13.0 Å². The molecular formula is C21H18ClFN6O. The first kappa shape index (κ1) is 19.8. The fourth-order valence-electron chi connectivity index (χ4n) is 2.94. The molecule has 30 heavy (non-hydrogen) atoms. The first-order valence-corrected chi connectivity index (χ1v) is 9.71. The van der Waals surface area contributed by atoms with Crippen molar-refractivity contribution in [3.05, 3.63) is 88.5 Å². The molecule has 0 aliphatic heterocycles. The molecule has 0 saturated heterocycles. The van der Waals surface area contributed by atoms with Gasteiger partial charge in [-0.15, -0.1) is 15.3 Å². The zero-order valence-corrected chi connectivity index (χ0v) is 16.6. The van der Waals surface area contributed by atoms with Crippen LogP contribution in [0.2, 0.25) is 5.02 Å². The van der Waals surface area contributed by atoms with Crippen molar-refractivity contribution in [1.29, 1.82) is 0 Å². The first-order chi connectivity index (χ1) is 14.6. The highest BCUT2D eigenvalue weighted by atomic mass is 35.5. The number of nitrogens with one attached hydrogen (secondary N) is 2. The Bertz CT molecular complexity index is 1200. The van der Waals surface area contributed by atoms with Crippen molar-refractivity contribution in [2.24, 2.45) is 0 Å². The Labute approximate surface area is 176 Å². The number of aromatic nitrogens is 4. The predicted molar refractivity (Wildman–Crippen MR) is 112 cm³/mol. The average molecular weight is 425 g/mol. The lowest BCUT2D eigenvalue weighted by Gasteiger charge is -2.08. The number of hydrogen-bond donors (Lipinski definition) is 2. The number of fused-ring (bicyclic) bond motifs is 1. The van der Waals surface area contributed by atoms with Gasteiger partial charge >= 0.3 is 0 Å². The molecule has 152 valence electrons. The first-order valence-electron chi connectivity index (χ1n) is 9.33. The van der Waals surface area contributed by atoms with Gasteiger partial charge in [0.25, 0.3) is 5.91 Å². The fraction of sp³-hybridized carbons (Fsp3) is 0.143. The third kappa shape index (κ3) is 4.38. The zero-order chi connectivity index (χ0) is 20.9. The van der Waals surface area contributed by atoms with Crippen LogP contribution in [-0.2, 0) is 13.0 Å². The molecule has 2 heterocycles. The van der Waals surface area contributed by atoms with Crippen molar-refractivity contribution < 1.29 is 9.18 Å². The average Bonchev–Trinajstić information content (AvgIpc) is 3.16. The Morgan fingerprint density at radius 3 is 2.67 bits per heavy atom. The summed E-state index contributed by atoms with van der Waals surface area (Å²) >= 11 is 6.19. The lowest BCUT2D eigenvalue weighted by molar-refractivity contribution is 0.0950. The molecule has 2 N–H and O–H groups in total. The number of benzene rings is 2. The molecule has 7 nitrogen and oxygen atoms in total. The van der Waals surface area contributed by atoms with E-state index >= 15 is 0 Å². The standard InChI is InChI=1S/C21H18ClFN6O/c22-16-7-3-1-5-14(16)13-25-18-9-10-19-26-27-20(29(19)28-18)11-12-24-21(30)15-6-2-4-8-17(15)23/h1-10H,11-13H2,(H,24,30)(H,25,28). The Kier molecular flexibility index (Phi) is 5.85. The van der Waals surface area contributed by atoms with Crippen LogP contribution in [0.25, 0.3) is 5.65 Å². The molecule has 2 aromatic heterocycles. The molecular weight excluding hydrogens is 407 g/mol. The second-order valence-corrected chi connectivity index (χ2v) is 6.94. The van der Waals surface area contributed by atoms with Crippen LogP contribution in [-0.4, -0.2) is 32.3 Å². The summed E-state index contributed by atoms with van der Waals surface area (Å²) in [5.74, 6) is 0.190. The molecule has 0 bridgehead atoms. The minimum Gasteiger partial charge on any atom is -0.364 e. The predicted octanol–water partition coefficient (Wildman–Crippen LogP) is 3.50. The normalized spacial score (nSPS) is 10.9. The Morgan fingerprint density at radius 2 is 1.83 bits per heavy atom. The second-order valence-electron chi connectivity index (χ2n) is 6.54. The van der Waals surface area contributed by atoms with E-state index in [2.05, 4.69) is 25.9 Å². The SMILES string of the molecule is O=C(NCCc1nnc2ccc(NCc3ccccc3Cl)nn12)c1ccccc1F. The van der Waals surface area contributed by atoms with Gasteiger partial charge in [-0.2, -0.15) is 4.52 Å². The van der Waals surface area contributed by atoms with Crippen molar-refractivity contribution in [3.63, 3.8) is 0 Å². The van der Waals surface area contributed by atoms with Gasteiger partial charge in [-0.25, -0.2) is 4.39 Å². The molecule has 0 saturated carbocycles. The molecule has 4 aromatic rings. The highest BCUT2D eigenvalue weighted by molar-refractivity contribution is 6.31. The minimum atomic E-state index is -0.557. The Balaban J connectivity index is 1.41. The summed E-state index contributed by atoms with van der Waals surface area (Å²) in [7, 11) is 0. The third-order valence-electron chi connectivity index (χ3n) is 4.50. The third-order valence-corrected chi connectivity index (χ3v) is 4.87. The van der Waals surface area contributed by atoms with Crippen LogP contribution in [0.15, 0.2) is 60.7 Å². The van der Waals surface area contributed by atoms with Gasteiger partial charge in [0, 0.05) is 24.5 Å². The molecule has 9 heteroatoms. The number of hydrogen-bond acceptors (Lipinski definition) is 5. The van der Waals surface area contributed by atoms with Crippen LogP contribution in [0.1, 0.15) is 21.7 Å². The molecule has 0 unspecified atom stereocenters. The van der Waals surface area contributed by atoms with Crippen LogP contribution in [0.3, 0.4) is 0 Å². The summed E-state index contributed by atoms with van der Waals surface area (Å²) < 4.78 is 15.3. The molecule has 0 aliphatic rings. The maximum Gasteiger partial charge on any atom is 0.254 e. The van der Waals surface area contributed by atoms with E-state index in [0.717, 1.165) is 5.56 Å². The van der Waals surface area contributed by atoms with Gasteiger partial charge < -0.3 is 10.6 Å². The van der Waals surface area contributed by atoms with E-state index in [-0.39, 0.29) is 12.1 Å². The van der Waals surface area contributed by atoms with Crippen LogP contribution < -0.4 is 10.6 Å². The molecule has 0 atom stereocenters. The maximum atomic E-state index is 13.7. The Morgan fingerprint density at radius 1 is 1.03 bits per heavy atom. The maximum absolute atomic E-state index is 13.7. The zero-order valence-electron chi connectivity index (χ0n) is 15.8. The van der Waals surface area contributed by atoms with E-state index in [1.54, 1.807) is 16.6 Å². The largest absolute Gasteiger partial charge is 0.364 e. The molecule has 0 radical (unpaired) electrons. The van der Waals surface area contributed by atoms with Gasteiger partial charge in [0.15, 0.2) is 11.5 Å². The molecule has 2 aromatic carbocycles. The summed E-state index contributed by atoms with van der Waals surface area (Å²) in [6, 6.07) is 17.0. The van der Waals surface area contributed by atoms with Crippen LogP contribution in [0, 0.1) is 5.82 Å². The number of amides is 1. The second kappa shape index (κ2) is 8.87. The van der Waals surface area contributed by atoms with Gasteiger partial charge in [0.1, 0.15) is 11.6 Å². The number of carbonyl (C=O) groups excluding carboxylic acids is 1. The lowest BCUT2D eigenvalue weighted by atomic mass is 10.2.